The molecule has 1 aromatic heterocycles. The van der Waals surface area contributed by atoms with Crippen LogP contribution in [0, 0.1) is 0 Å². The molecule has 112 valence electrons. The molecule has 6 heteroatoms. The summed E-state index contributed by atoms with van der Waals surface area (Å²) in [4.78, 5) is 14.9. The molecule has 0 radical (unpaired) electrons. The molecule has 0 atom stereocenters. The average Bonchev–Trinajstić information content (AvgIpc) is 2.87. The Labute approximate surface area is 135 Å². The smallest absolute Gasteiger partial charge is 0.303 e. The van der Waals surface area contributed by atoms with Crippen molar-refractivity contribution >= 4 is 39.1 Å². The Kier molecular flexibility index (Phi) is 4.27. The van der Waals surface area contributed by atoms with Gasteiger partial charge in [-0.1, -0.05) is 35.1 Å². The van der Waals surface area contributed by atoms with Gasteiger partial charge in [-0.2, -0.15) is 0 Å². The maximum absolute atomic E-state index is 10.5. The number of rotatable bonds is 5. The third-order valence-corrected chi connectivity index (χ3v) is 4.22. The van der Waals surface area contributed by atoms with Crippen molar-refractivity contribution in [3.8, 4) is 10.9 Å². The van der Waals surface area contributed by atoms with Gasteiger partial charge in [0.15, 0.2) is 0 Å². The number of carboxylic acid groups (broad SMARTS) is 1. The van der Waals surface area contributed by atoms with E-state index in [1.807, 2.05) is 36.4 Å². The third-order valence-electron chi connectivity index (χ3n) is 3.09. The van der Waals surface area contributed by atoms with Crippen LogP contribution in [0.25, 0.3) is 10.2 Å². The normalized spacial score (nSPS) is 10.8. The van der Waals surface area contributed by atoms with Gasteiger partial charge in [0.1, 0.15) is 5.75 Å². The molecule has 1 N–H and O–H groups in total. The molecule has 22 heavy (non-hydrogen) atoms. The first-order valence-corrected chi connectivity index (χ1v) is 7.84. The van der Waals surface area contributed by atoms with Gasteiger partial charge in [-0.3, -0.25) is 4.79 Å². The SMILES string of the molecule is O=C(O)CCc1ccc(Oc2nc3ccc(Cl)cc3s2)cc1. The largest absolute Gasteiger partial charge is 0.481 e. The molecule has 0 spiro atoms. The molecule has 0 aliphatic rings. The highest BCUT2D eigenvalue weighted by Crippen LogP contribution is 2.32. The lowest BCUT2D eigenvalue weighted by molar-refractivity contribution is -0.136. The van der Waals surface area contributed by atoms with Crippen LogP contribution in [0.2, 0.25) is 5.02 Å². The molecular formula is C16H12ClNO3S. The molecule has 0 amide bonds. The van der Waals surface area contributed by atoms with Crippen molar-refractivity contribution in [3.63, 3.8) is 0 Å². The van der Waals surface area contributed by atoms with Gasteiger partial charge in [-0.05, 0) is 42.3 Å². The first-order chi connectivity index (χ1) is 10.6. The Morgan fingerprint density at radius 3 is 2.73 bits per heavy atom. The number of hydrogen-bond donors (Lipinski definition) is 1. The van der Waals surface area contributed by atoms with Crippen molar-refractivity contribution < 1.29 is 14.6 Å². The summed E-state index contributed by atoms with van der Waals surface area (Å²) in [6.45, 7) is 0. The van der Waals surface area contributed by atoms with Crippen molar-refractivity contribution in [1.82, 2.24) is 4.98 Å². The van der Waals surface area contributed by atoms with E-state index >= 15 is 0 Å². The molecule has 0 aliphatic carbocycles. The van der Waals surface area contributed by atoms with Crippen molar-refractivity contribution in [1.29, 1.82) is 0 Å². The van der Waals surface area contributed by atoms with Gasteiger partial charge in [-0.25, -0.2) is 4.98 Å². The molecule has 3 aromatic rings. The van der Waals surface area contributed by atoms with Crippen LogP contribution in [0.3, 0.4) is 0 Å². The molecule has 2 aromatic carbocycles. The van der Waals surface area contributed by atoms with E-state index in [0.717, 1.165) is 15.8 Å². The number of fused-ring (bicyclic) bond motifs is 1. The Balaban J connectivity index is 1.72. The van der Waals surface area contributed by atoms with Crippen molar-refractivity contribution in [2.45, 2.75) is 12.8 Å². The van der Waals surface area contributed by atoms with Crippen LogP contribution < -0.4 is 4.74 Å². The van der Waals surface area contributed by atoms with Gasteiger partial charge in [-0.15, -0.1) is 0 Å². The summed E-state index contributed by atoms with van der Waals surface area (Å²) in [5.74, 6) is -0.127. The molecule has 4 nitrogen and oxygen atoms in total. The Morgan fingerprint density at radius 1 is 1.23 bits per heavy atom. The van der Waals surface area contributed by atoms with Crippen LogP contribution in [-0.2, 0) is 11.2 Å². The number of hydrogen-bond acceptors (Lipinski definition) is 4. The number of aromatic nitrogens is 1. The van der Waals surface area contributed by atoms with Gasteiger partial charge in [0, 0.05) is 11.4 Å². The number of aliphatic carboxylic acids is 1. The second-order valence-corrected chi connectivity index (χ2v) is 6.16. The van der Waals surface area contributed by atoms with Gasteiger partial charge in [0.2, 0.25) is 0 Å². The summed E-state index contributed by atoms with van der Waals surface area (Å²) in [6, 6.07) is 12.9. The van der Waals surface area contributed by atoms with E-state index in [9.17, 15) is 4.79 Å². The zero-order valence-corrected chi connectivity index (χ0v) is 13.0. The fourth-order valence-electron chi connectivity index (χ4n) is 2.00. The van der Waals surface area contributed by atoms with E-state index in [1.54, 1.807) is 6.07 Å². The first kappa shape index (κ1) is 14.8. The number of carboxylic acids is 1. The summed E-state index contributed by atoms with van der Waals surface area (Å²) in [6.07, 6.45) is 0.633. The minimum absolute atomic E-state index is 0.124. The second-order valence-electron chi connectivity index (χ2n) is 4.73. The number of thiazole rings is 1. The van der Waals surface area contributed by atoms with E-state index in [2.05, 4.69) is 4.98 Å². The van der Waals surface area contributed by atoms with Crippen LogP contribution in [-0.4, -0.2) is 16.1 Å². The second kappa shape index (κ2) is 6.34. The van der Waals surface area contributed by atoms with Crippen LogP contribution in [0.4, 0.5) is 0 Å². The number of benzene rings is 2. The van der Waals surface area contributed by atoms with E-state index in [1.165, 1.54) is 11.3 Å². The average molecular weight is 334 g/mol. The summed E-state index contributed by atoms with van der Waals surface area (Å²) >= 11 is 7.38. The highest BCUT2D eigenvalue weighted by molar-refractivity contribution is 7.20. The highest BCUT2D eigenvalue weighted by atomic mass is 35.5. The third kappa shape index (κ3) is 3.55. The molecule has 0 saturated carbocycles. The van der Waals surface area contributed by atoms with Crippen LogP contribution in [0.15, 0.2) is 42.5 Å². The lowest BCUT2D eigenvalue weighted by atomic mass is 10.1. The van der Waals surface area contributed by atoms with Crippen molar-refractivity contribution in [2.24, 2.45) is 0 Å². The van der Waals surface area contributed by atoms with E-state index in [4.69, 9.17) is 21.4 Å². The first-order valence-electron chi connectivity index (χ1n) is 6.65. The number of aryl methyl sites for hydroxylation is 1. The Bertz CT molecular complexity index is 814. The number of halogens is 1. The van der Waals surface area contributed by atoms with Gasteiger partial charge in [0.05, 0.1) is 10.2 Å². The lowest BCUT2D eigenvalue weighted by Gasteiger charge is -2.03. The summed E-state index contributed by atoms with van der Waals surface area (Å²) < 4.78 is 6.70. The number of nitrogens with zero attached hydrogens (tertiary/aromatic N) is 1. The lowest BCUT2D eigenvalue weighted by Crippen LogP contribution is -1.97. The Morgan fingerprint density at radius 2 is 2.00 bits per heavy atom. The van der Waals surface area contributed by atoms with Crippen LogP contribution in [0.1, 0.15) is 12.0 Å². The molecule has 0 fully saturated rings. The molecule has 3 rings (SSSR count). The fraction of sp³-hybridized carbons (Fsp3) is 0.125. The number of carbonyl (C=O) groups is 1. The van der Waals surface area contributed by atoms with Crippen molar-refractivity contribution in [3.05, 3.63) is 53.1 Å². The standard InChI is InChI=1S/C16H12ClNO3S/c17-11-4-7-13-14(9-11)22-16(18-13)21-12-5-1-10(2-6-12)3-8-15(19)20/h1-2,4-7,9H,3,8H2,(H,19,20). The Hall–Kier alpha value is -2.11. The maximum atomic E-state index is 10.5. The maximum Gasteiger partial charge on any atom is 0.303 e. The van der Waals surface area contributed by atoms with Crippen LogP contribution >= 0.6 is 22.9 Å². The van der Waals surface area contributed by atoms with Gasteiger partial charge < -0.3 is 9.84 Å². The molecule has 0 unspecified atom stereocenters. The van der Waals surface area contributed by atoms with Crippen LogP contribution in [0.5, 0.6) is 10.9 Å². The molecule has 0 saturated heterocycles. The molecule has 0 bridgehead atoms. The van der Waals surface area contributed by atoms with E-state index in [-0.39, 0.29) is 6.42 Å². The zero-order chi connectivity index (χ0) is 15.5. The summed E-state index contributed by atoms with van der Waals surface area (Å²) in [7, 11) is 0. The minimum atomic E-state index is -0.798. The predicted octanol–water partition coefficient (Wildman–Crippen LogP) is 4.76. The zero-order valence-electron chi connectivity index (χ0n) is 11.5. The number of ether oxygens (including phenoxy) is 1. The summed E-state index contributed by atoms with van der Waals surface area (Å²) in [5, 5.41) is 9.90. The molecule has 0 aliphatic heterocycles. The minimum Gasteiger partial charge on any atom is -0.481 e. The monoisotopic (exact) mass is 333 g/mol. The summed E-state index contributed by atoms with van der Waals surface area (Å²) in [5.41, 5.74) is 1.81. The highest BCUT2D eigenvalue weighted by Gasteiger charge is 2.07. The van der Waals surface area contributed by atoms with Gasteiger partial charge in [0.25, 0.3) is 5.19 Å². The van der Waals surface area contributed by atoms with Crippen molar-refractivity contribution in [2.75, 3.05) is 0 Å². The quantitative estimate of drug-likeness (QED) is 0.731. The topological polar surface area (TPSA) is 59.4 Å². The molecule has 1 heterocycles. The fourth-order valence-corrected chi connectivity index (χ4v) is 3.11. The molecular weight excluding hydrogens is 322 g/mol. The van der Waals surface area contributed by atoms with E-state index in [0.29, 0.717) is 22.4 Å². The predicted molar refractivity (Wildman–Crippen MR) is 87.1 cm³/mol. The van der Waals surface area contributed by atoms with E-state index < -0.39 is 5.97 Å². The van der Waals surface area contributed by atoms with Gasteiger partial charge >= 0.3 is 5.97 Å².